The van der Waals surface area contributed by atoms with Crippen molar-refractivity contribution in [3.63, 3.8) is 0 Å². The van der Waals surface area contributed by atoms with E-state index in [0.29, 0.717) is 31.7 Å². The van der Waals surface area contributed by atoms with E-state index in [2.05, 4.69) is 4.98 Å². The van der Waals surface area contributed by atoms with E-state index in [1.165, 1.54) is 28.4 Å². The fourth-order valence-corrected chi connectivity index (χ4v) is 5.16. The molecule has 0 saturated carbocycles. The Hall–Kier alpha value is -1.86. The van der Waals surface area contributed by atoms with E-state index in [1.807, 2.05) is 18.2 Å². The number of nitrogens with zero attached hydrogens (tertiary/aromatic N) is 2. The minimum atomic E-state index is -3.18. The zero-order chi connectivity index (χ0) is 18.3. The monoisotopic (exact) mass is 375 g/mol. The van der Waals surface area contributed by atoms with Gasteiger partial charge in [0.15, 0.2) is 0 Å². The van der Waals surface area contributed by atoms with Gasteiger partial charge in [-0.25, -0.2) is 8.42 Å². The van der Waals surface area contributed by atoms with Gasteiger partial charge in [0, 0.05) is 48.3 Å². The lowest BCUT2D eigenvalue weighted by molar-refractivity contribution is 0.0698. The van der Waals surface area contributed by atoms with Gasteiger partial charge in [-0.3, -0.25) is 4.79 Å². The lowest BCUT2D eigenvalue weighted by atomic mass is 9.95. The molecular formula is C19H25N3O3S. The first-order valence-corrected chi connectivity index (χ1v) is 11.0. The molecule has 140 valence electrons. The second kappa shape index (κ2) is 6.70. The molecule has 0 unspecified atom stereocenters. The van der Waals surface area contributed by atoms with E-state index in [1.54, 1.807) is 11.8 Å². The number of benzene rings is 1. The molecule has 6 nitrogen and oxygen atoms in total. The second-order valence-electron chi connectivity index (χ2n) is 7.14. The van der Waals surface area contributed by atoms with Crippen molar-refractivity contribution < 1.29 is 13.2 Å². The molecule has 0 radical (unpaired) electrons. The Kier molecular flexibility index (Phi) is 4.52. The molecular weight excluding hydrogens is 350 g/mol. The molecule has 1 aromatic carbocycles. The summed E-state index contributed by atoms with van der Waals surface area (Å²) in [7, 11) is -3.18. The first-order chi connectivity index (χ1) is 12.5. The molecule has 1 aliphatic heterocycles. The molecule has 1 amide bonds. The van der Waals surface area contributed by atoms with Gasteiger partial charge in [0.25, 0.3) is 5.91 Å². The van der Waals surface area contributed by atoms with Gasteiger partial charge in [-0.15, -0.1) is 0 Å². The van der Waals surface area contributed by atoms with Crippen LogP contribution in [-0.2, 0) is 22.9 Å². The topological polar surface area (TPSA) is 73.5 Å². The molecule has 1 fully saturated rings. The highest BCUT2D eigenvalue weighted by atomic mass is 32.2. The van der Waals surface area contributed by atoms with Crippen LogP contribution in [-0.4, -0.2) is 60.4 Å². The molecule has 26 heavy (non-hydrogen) atoms. The van der Waals surface area contributed by atoms with Gasteiger partial charge in [-0.1, -0.05) is 0 Å². The van der Waals surface area contributed by atoms with Gasteiger partial charge >= 0.3 is 0 Å². The van der Waals surface area contributed by atoms with E-state index >= 15 is 0 Å². The molecule has 1 N–H and O–H groups in total. The number of sulfonamides is 1. The van der Waals surface area contributed by atoms with Crippen molar-refractivity contribution in [2.45, 2.75) is 32.6 Å². The van der Waals surface area contributed by atoms with E-state index in [-0.39, 0.29) is 11.7 Å². The smallest absolute Gasteiger partial charge is 0.253 e. The molecule has 0 spiro atoms. The number of H-pyrrole nitrogens is 1. The maximum absolute atomic E-state index is 12.9. The summed E-state index contributed by atoms with van der Waals surface area (Å²) in [5.41, 5.74) is 4.47. The van der Waals surface area contributed by atoms with E-state index in [0.717, 1.165) is 23.7 Å². The highest BCUT2D eigenvalue weighted by Crippen LogP contribution is 2.30. The predicted molar refractivity (Wildman–Crippen MR) is 102 cm³/mol. The number of aryl methyl sites for hydroxylation is 2. The quantitative estimate of drug-likeness (QED) is 0.893. The largest absolute Gasteiger partial charge is 0.358 e. The minimum absolute atomic E-state index is 0.00814. The van der Waals surface area contributed by atoms with Crippen LogP contribution >= 0.6 is 0 Å². The standard InChI is InChI=1S/C19H25N3O3S/c1-2-26(24,25)22-11-9-21(10-12-22)19(23)14-7-8-18-16(13-14)15-5-3-4-6-17(15)20-18/h7-8,13,20H,2-6,9-12H2,1H3. The molecule has 2 aromatic rings. The predicted octanol–water partition coefficient (Wildman–Crippen LogP) is 2.15. The van der Waals surface area contributed by atoms with Crippen LogP contribution in [0.15, 0.2) is 18.2 Å². The summed E-state index contributed by atoms with van der Waals surface area (Å²) in [5.74, 6) is 0.0992. The molecule has 0 bridgehead atoms. The fraction of sp³-hybridized carbons (Fsp3) is 0.526. The number of hydrogen-bond donors (Lipinski definition) is 1. The van der Waals surface area contributed by atoms with Crippen LogP contribution < -0.4 is 0 Å². The number of hydrogen-bond acceptors (Lipinski definition) is 3. The third-order valence-corrected chi connectivity index (χ3v) is 7.51. The first-order valence-electron chi connectivity index (χ1n) is 9.40. The molecule has 2 aliphatic rings. The summed E-state index contributed by atoms with van der Waals surface area (Å²) in [6.45, 7) is 3.30. The Morgan fingerprint density at radius 3 is 2.58 bits per heavy atom. The van der Waals surface area contributed by atoms with E-state index < -0.39 is 10.0 Å². The van der Waals surface area contributed by atoms with Gasteiger partial charge in [-0.2, -0.15) is 4.31 Å². The highest BCUT2D eigenvalue weighted by molar-refractivity contribution is 7.89. The number of amides is 1. The fourth-order valence-electron chi connectivity index (χ4n) is 4.07. The number of piperazine rings is 1. The lowest BCUT2D eigenvalue weighted by Crippen LogP contribution is -2.50. The number of carbonyl (C=O) groups is 1. The average molecular weight is 375 g/mol. The van der Waals surface area contributed by atoms with Crippen LogP contribution in [0.25, 0.3) is 10.9 Å². The molecule has 1 aliphatic carbocycles. The van der Waals surface area contributed by atoms with Gasteiger partial charge < -0.3 is 9.88 Å². The van der Waals surface area contributed by atoms with Gasteiger partial charge in [0.2, 0.25) is 10.0 Å². The van der Waals surface area contributed by atoms with Crippen molar-refractivity contribution in [1.29, 1.82) is 0 Å². The summed E-state index contributed by atoms with van der Waals surface area (Å²) in [6, 6.07) is 5.88. The first kappa shape index (κ1) is 17.5. The van der Waals surface area contributed by atoms with Gasteiger partial charge in [-0.05, 0) is 56.4 Å². The summed E-state index contributed by atoms with van der Waals surface area (Å²) in [4.78, 5) is 18.2. The molecule has 7 heteroatoms. The molecule has 2 heterocycles. The van der Waals surface area contributed by atoms with Crippen molar-refractivity contribution in [2.24, 2.45) is 0 Å². The maximum Gasteiger partial charge on any atom is 0.253 e. The van der Waals surface area contributed by atoms with E-state index in [4.69, 9.17) is 0 Å². The van der Waals surface area contributed by atoms with Crippen LogP contribution in [0, 0.1) is 0 Å². The zero-order valence-corrected chi connectivity index (χ0v) is 15.9. The summed E-state index contributed by atoms with van der Waals surface area (Å²) in [6.07, 6.45) is 4.57. The number of aromatic nitrogens is 1. The molecule has 0 atom stereocenters. The van der Waals surface area contributed by atoms with Crippen LogP contribution in [0.2, 0.25) is 0 Å². The number of aromatic amines is 1. The Morgan fingerprint density at radius 1 is 1.12 bits per heavy atom. The van der Waals surface area contributed by atoms with Gasteiger partial charge in [0.05, 0.1) is 5.75 Å². The van der Waals surface area contributed by atoms with Crippen LogP contribution in [0.4, 0.5) is 0 Å². The van der Waals surface area contributed by atoms with Crippen LogP contribution in [0.5, 0.6) is 0 Å². The minimum Gasteiger partial charge on any atom is -0.358 e. The van der Waals surface area contributed by atoms with Crippen LogP contribution in [0.3, 0.4) is 0 Å². The van der Waals surface area contributed by atoms with Crippen molar-refractivity contribution in [1.82, 2.24) is 14.2 Å². The second-order valence-corrected chi connectivity index (χ2v) is 9.40. The average Bonchev–Trinajstić information content (AvgIpc) is 3.05. The number of nitrogens with one attached hydrogen (secondary N) is 1. The summed E-state index contributed by atoms with van der Waals surface area (Å²) in [5, 5.41) is 1.16. The Morgan fingerprint density at radius 2 is 1.85 bits per heavy atom. The molecule has 1 aromatic heterocycles. The summed E-state index contributed by atoms with van der Waals surface area (Å²) >= 11 is 0. The maximum atomic E-state index is 12.9. The zero-order valence-electron chi connectivity index (χ0n) is 15.1. The highest BCUT2D eigenvalue weighted by Gasteiger charge is 2.28. The van der Waals surface area contributed by atoms with Crippen molar-refractivity contribution in [3.8, 4) is 0 Å². The van der Waals surface area contributed by atoms with Crippen molar-refractivity contribution in [2.75, 3.05) is 31.9 Å². The number of fused-ring (bicyclic) bond motifs is 3. The van der Waals surface area contributed by atoms with E-state index in [9.17, 15) is 13.2 Å². The van der Waals surface area contributed by atoms with Gasteiger partial charge in [0.1, 0.15) is 0 Å². The summed E-state index contributed by atoms with van der Waals surface area (Å²) < 4.78 is 25.4. The van der Waals surface area contributed by atoms with Crippen molar-refractivity contribution in [3.05, 3.63) is 35.0 Å². The Balaban J connectivity index is 1.54. The normalized spacial score (nSPS) is 18.9. The van der Waals surface area contributed by atoms with Crippen LogP contribution in [0.1, 0.15) is 41.4 Å². The third-order valence-electron chi connectivity index (χ3n) is 5.63. The van der Waals surface area contributed by atoms with Crippen molar-refractivity contribution >= 4 is 26.8 Å². The molecule has 4 rings (SSSR count). The lowest BCUT2D eigenvalue weighted by Gasteiger charge is -2.33. The number of rotatable bonds is 3. The molecule has 1 saturated heterocycles. The number of carbonyl (C=O) groups excluding carboxylic acids is 1. The third kappa shape index (κ3) is 3.03. The Labute approximate surface area is 154 Å². The Bertz CT molecular complexity index is 940. The SMILES string of the molecule is CCS(=O)(=O)N1CCN(C(=O)c2ccc3[nH]c4c(c3c2)CCCC4)CC1.